The maximum absolute atomic E-state index is 13.3. The van der Waals surface area contributed by atoms with Gasteiger partial charge < -0.3 is 9.90 Å². The summed E-state index contributed by atoms with van der Waals surface area (Å²) in [5.41, 5.74) is 0.268. The molecule has 2 aromatic carbocycles. The second kappa shape index (κ2) is 6.68. The van der Waals surface area contributed by atoms with E-state index in [4.69, 9.17) is 0 Å². The summed E-state index contributed by atoms with van der Waals surface area (Å²) >= 11 is 0. The quantitative estimate of drug-likeness (QED) is 0.755. The molecule has 6 nitrogen and oxygen atoms in total. The van der Waals surface area contributed by atoms with Gasteiger partial charge in [-0.25, -0.2) is 8.42 Å². The molecular weight excluding hydrogens is 378 g/mol. The van der Waals surface area contributed by atoms with Crippen molar-refractivity contribution < 1.29 is 23.1 Å². The summed E-state index contributed by atoms with van der Waals surface area (Å²) in [6.45, 7) is 0. The molecule has 0 aromatic heterocycles. The van der Waals surface area contributed by atoms with Crippen molar-refractivity contribution in [2.24, 2.45) is 0 Å². The van der Waals surface area contributed by atoms with E-state index in [-0.39, 0.29) is 28.2 Å². The molecule has 3 atom stereocenters. The number of carbonyl (C=O) groups is 2. The van der Waals surface area contributed by atoms with E-state index in [0.717, 1.165) is 0 Å². The fourth-order valence-electron chi connectivity index (χ4n) is 4.31. The molecule has 3 unspecified atom stereocenters. The highest BCUT2D eigenvalue weighted by molar-refractivity contribution is 7.92. The zero-order valence-electron chi connectivity index (χ0n) is 15.1. The van der Waals surface area contributed by atoms with Gasteiger partial charge in [-0.3, -0.25) is 9.69 Å². The molecule has 0 spiro atoms. The number of ketones is 1. The molecule has 2 aromatic rings. The predicted octanol–water partition coefficient (Wildman–Crippen LogP) is 0.688. The van der Waals surface area contributed by atoms with Gasteiger partial charge in [-0.15, -0.1) is 0 Å². The molecule has 0 saturated carbocycles. The van der Waals surface area contributed by atoms with E-state index in [1.54, 1.807) is 60.5 Å². The maximum atomic E-state index is 13.3. The molecule has 0 aliphatic carbocycles. The normalized spacial score (nSPS) is 25.2. The first kappa shape index (κ1) is 18.6. The van der Waals surface area contributed by atoms with Gasteiger partial charge in [0, 0.05) is 11.1 Å². The molecule has 28 heavy (non-hydrogen) atoms. The van der Waals surface area contributed by atoms with Gasteiger partial charge in [0.25, 0.3) is 0 Å². The summed E-state index contributed by atoms with van der Waals surface area (Å²) in [4.78, 5) is 26.9. The summed E-state index contributed by atoms with van der Waals surface area (Å²) in [5.74, 6) is -1.90. The number of aliphatic carboxylic acids is 1. The first-order valence-corrected chi connectivity index (χ1v) is 10.4. The van der Waals surface area contributed by atoms with Gasteiger partial charge in [0.05, 0.1) is 28.2 Å². The second-order valence-corrected chi connectivity index (χ2v) is 9.23. The number of carbonyl (C=O) groups excluding carboxylic acids is 2. The monoisotopic (exact) mass is 396 g/mol. The Balaban J connectivity index is 1.92. The highest BCUT2D eigenvalue weighted by Gasteiger charge is 2.54. The largest absolute Gasteiger partial charge is 0.545 e. The molecule has 0 N–H and O–H groups in total. The van der Waals surface area contributed by atoms with Crippen molar-refractivity contribution in [3.63, 3.8) is 0 Å². The van der Waals surface area contributed by atoms with Crippen molar-refractivity contribution >= 4 is 27.2 Å². The maximum Gasteiger partial charge on any atom is 0.183 e. The lowest BCUT2D eigenvalue weighted by molar-refractivity contribution is -0.299. The van der Waals surface area contributed by atoms with Crippen molar-refractivity contribution in [2.45, 2.75) is 28.6 Å². The Hall–Kier alpha value is -2.77. The van der Waals surface area contributed by atoms with Crippen LogP contribution in [0.5, 0.6) is 0 Å². The van der Waals surface area contributed by atoms with Crippen LogP contribution in [0.25, 0.3) is 5.57 Å². The van der Waals surface area contributed by atoms with Crippen molar-refractivity contribution in [3.05, 3.63) is 71.8 Å². The number of likely N-dealkylation sites (N-methyl/N-ethyl adjacent to an activating group) is 1. The topological polar surface area (TPSA) is 94.6 Å². The van der Waals surface area contributed by atoms with Crippen LogP contribution in [-0.2, 0) is 19.4 Å². The minimum Gasteiger partial charge on any atom is -0.545 e. The standard InChI is InChI=1S/C21H19NO5S/c1-22-15-12-16(28(26,27)14-10-6-3-7-11-14)19(22)18(21(24)25)17(20(15)23)13-8-4-2-5-9-13/h2-11,15-16,19H,12H2,1H3,(H,24,25)/p-1. The summed E-state index contributed by atoms with van der Waals surface area (Å²) in [6, 6.07) is 14.8. The Morgan fingerprint density at radius 2 is 1.61 bits per heavy atom. The zero-order valence-corrected chi connectivity index (χ0v) is 15.9. The number of nitrogens with zero attached hydrogens (tertiary/aromatic N) is 1. The molecule has 0 radical (unpaired) electrons. The third kappa shape index (κ3) is 2.70. The highest BCUT2D eigenvalue weighted by atomic mass is 32.2. The van der Waals surface area contributed by atoms with Gasteiger partial charge in [0.2, 0.25) is 0 Å². The third-order valence-corrected chi connectivity index (χ3v) is 7.78. The Morgan fingerprint density at radius 3 is 2.18 bits per heavy atom. The van der Waals surface area contributed by atoms with Crippen LogP contribution in [0.1, 0.15) is 12.0 Å². The Bertz CT molecular complexity index is 1080. The van der Waals surface area contributed by atoms with E-state index in [1.807, 2.05) is 0 Å². The Labute approximate surface area is 163 Å². The van der Waals surface area contributed by atoms with Crippen LogP contribution >= 0.6 is 0 Å². The first-order valence-electron chi connectivity index (χ1n) is 8.90. The molecular formula is C21H18NO5S-. The van der Waals surface area contributed by atoms with Gasteiger partial charge >= 0.3 is 0 Å². The van der Waals surface area contributed by atoms with Crippen LogP contribution in [0.4, 0.5) is 0 Å². The Kier molecular flexibility index (Phi) is 4.44. The number of fused-ring (bicyclic) bond motifs is 2. The molecule has 2 bridgehead atoms. The first-order chi connectivity index (χ1) is 13.3. The lowest BCUT2D eigenvalue weighted by Gasteiger charge is -2.36. The van der Waals surface area contributed by atoms with E-state index < -0.39 is 33.1 Å². The summed E-state index contributed by atoms with van der Waals surface area (Å²) in [5, 5.41) is 11.0. The fraction of sp³-hybridized carbons (Fsp3) is 0.238. The van der Waals surface area contributed by atoms with Crippen LogP contribution in [0, 0.1) is 0 Å². The summed E-state index contributed by atoms with van der Waals surface area (Å²) in [6.07, 6.45) is 0.0460. The number of hydrogen-bond acceptors (Lipinski definition) is 6. The molecule has 2 heterocycles. The van der Waals surface area contributed by atoms with Crippen molar-refractivity contribution in [3.8, 4) is 0 Å². The molecule has 4 rings (SSSR count). The zero-order chi connectivity index (χ0) is 20.1. The van der Waals surface area contributed by atoms with Crippen LogP contribution < -0.4 is 5.11 Å². The number of benzene rings is 2. The Morgan fingerprint density at radius 1 is 1.04 bits per heavy atom. The second-order valence-electron chi connectivity index (χ2n) is 7.06. The predicted molar refractivity (Wildman–Crippen MR) is 101 cm³/mol. The van der Waals surface area contributed by atoms with Crippen molar-refractivity contribution in [2.75, 3.05) is 7.05 Å². The van der Waals surface area contributed by atoms with Gasteiger partial charge in [-0.05, 0) is 31.2 Å². The number of rotatable bonds is 4. The van der Waals surface area contributed by atoms with Crippen molar-refractivity contribution in [1.29, 1.82) is 0 Å². The molecule has 2 aliphatic heterocycles. The third-order valence-electron chi connectivity index (χ3n) is 5.60. The van der Waals surface area contributed by atoms with Gasteiger partial charge in [0.1, 0.15) is 0 Å². The number of sulfone groups is 1. The van der Waals surface area contributed by atoms with Crippen LogP contribution in [0.3, 0.4) is 0 Å². The minimum atomic E-state index is -3.84. The molecule has 0 amide bonds. The van der Waals surface area contributed by atoms with Gasteiger partial charge in [-0.2, -0.15) is 0 Å². The van der Waals surface area contributed by atoms with E-state index in [2.05, 4.69) is 0 Å². The number of carboxylic acids is 1. The number of Topliss-reactive ketones (excluding diaryl/α,β-unsaturated/α-hetero) is 1. The van der Waals surface area contributed by atoms with Crippen molar-refractivity contribution in [1.82, 2.24) is 4.90 Å². The van der Waals surface area contributed by atoms with Crippen LogP contribution in [-0.4, -0.2) is 49.5 Å². The summed E-state index contributed by atoms with van der Waals surface area (Å²) < 4.78 is 26.5. The SMILES string of the molecule is CN1C2CC(S(=O)(=O)c3ccccc3)C1C(C(=O)[O-])=C(c1ccccc1)C2=O. The van der Waals surface area contributed by atoms with Gasteiger partial charge in [0.15, 0.2) is 15.6 Å². The van der Waals surface area contributed by atoms with Gasteiger partial charge in [-0.1, -0.05) is 48.5 Å². The highest BCUT2D eigenvalue weighted by Crippen LogP contribution is 2.43. The van der Waals surface area contributed by atoms with E-state index in [0.29, 0.717) is 5.56 Å². The fourth-order valence-corrected chi connectivity index (χ4v) is 6.30. The number of carboxylic acid groups (broad SMARTS) is 1. The van der Waals surface area contributed by atoms with Crippen LogP contribution in [0.15, 0.2) is 71.1 Å². The molecule has 1 fully saturated rings. The van der Waals surface area contributed by atoms with Crippen LogP contribution in [0.2, 0.25) is 0 Å². The molecule has 1 saturated heterocycles. The van der Waals surface area contributed by atoms with E-state index >= 15 is 0 Å². The summed E-state index contributed by atoms with van der Waals surface area (Å²) in [7, 11) is -2.24. The van der Waals surface area contributed by atoms with E-state index in [1.165, 1.54) is 12.1 Å². The number of hydrogen-bond donors (Lipinski definition) is 0. The average molecular weight is 396 g/mol. The minimum absolute atomic E-state index is 0.0460. The molecule has 7 heteroatoms. The van der Waals surface area contributed by atoms with E-state index in [9.17, 15) is 23.1 Å². The smallest absolute Gasteiger partial charge is 0.183 e. The average Bonchev–Trinajstić information content (AvgIpc) is 2.96. The lowest BCUT2D eigenvalue weighted by atomic mass is 9.88. The molecule has 2 aliphatic rings. The molecule has 144 valence electrons. The lowest BCUT2D eigenvalue weighted by Crippen LogP contribution is -2.50.